The first-order chi connectivity index (χ1) is 3.25. The van der Waals surface area contributed by atoms with Gasteiger partial charge in [0.2, 0.25) is 0 Å². The van der Waals surface area contributed by atoms with Crippen LogP contribution in [0.3, 0.4) is 0 Å². The molecule has 0 aliphatic carbocycles. The molecule has 0 spiro atoms. The van der Waals surface area contributed by atoms with E-state index in [4.69, 9.17) is 33.2 Å². The van der Waals surface area contributed by atoms with Gasteiger partial charge < -0.3 is 4.15 Å². The van der Waals surface area contributed by atoms with Crippen molar-refractivity contribution in [2.75, 3.05) is 21.1 Å². The van der Waals surface area contributed by atoms with E-state index in [0.717, 1.165) is 0 Å². The maximum Gasteiger partial charge on any atom is 0.589 e. The molecule has 8 heavy (non-hydrogen) atoms. The summed E-state index contributed by atoms with van der Waals surface area (Å²) in [6, 6.07) is 0. The molecule has 0 heterocycles. The third-order valence-corrected chi connectivity index (χ3v) is 6.85. The van der Waals surface area contributed by atoms with Gasteiger partial charge in [0, 0.05) is 0 Å². The first kappa shape index (κ1) is 9.05. The van der Waals surface area contributed by atoms with Crippen LogP contribution >= 0.6 is 33.2 Å². The van der Waals surface area contributed by atoms with Crippen molar-refractivity contribution in [1.29, 1.82) is 0 Å². The van der Waals surface area contributed by atoms with Crippen LogP contribution in [0.1, 0.15) is 0 Å². The van der Waals surface area contributed by atoms with E-state index in [2.05, 4.69) is 0 Å². The first-order valence-corrected chi connectivity index (χ1v) is 7.11. The molecule has 5 heteroatoms. The lowest BCUT2D eigenvalue weighted by Crippen LogP contribution is -2.50. The highest BCUT2D eigenvalue weighted by atomic mass is 35.8. The van der Waals surface area contributed by atoms with Gasteiger partial charge in [0.15, 0.2) is 0 Å². The maximum atomic E-state index is 5.65. The van der Waals surface area contributed by atoms with Crippen molar-refractivity contribution in [3.8, 4) is 0 Å². The molecule has 0 aromatic carbocycles. The minimum Gasteiger partial charge on any atom is -0.354 e. The number of halogens is 3. The highest BCUT2D eigenvalue weighted by molar-refractivity contribution is 7.61. The van der Waals surface area contributed by atoms with Crippen LogP contribution in [0, 0.1) is 0 Å². The van der Waals surface area contributed by atoms with Gasteiger partial charge >= 0.3 is 6.16 Å². The van der Waals surface area contributed by atoms with E-state index in [1.54, 1.807) is 0 Å². The summed E-state index contributed by atoms with van der Waals surface area (Å²) in [4.78, 5) is 0. The zero-order chi connectivity index (χ0) is 7.00. The molecule has 0 rings (SSSR count). The molecule has 0 N–H and O–H groups in total. The molecule has 0 aromatic heterocycles. The minimum absolute atomic E-state index is 0.456. The summed E-state index contributed by atoms with van der Waals surface area (Å²) in [5, 5.41) is 0. The van der Waals surface area contributed by atoms with Crippen molar-refractivity contribution in [2.45, 2.75) is 0 Å². The molecule has 0 unspecified atom stereocenters. The highest BCUT2D eigenvalue weighted by Crippen LogP contribution is 2.26. The first-order valence-electron chi connectivity index (χ1n) is 2.13. The van der Waals surface area contributed by atoms with Gasteiger partial charge in [-0.25, -0.2) is 0 Å². The van der Waals surface area contributed by atoms with Gasteiger partial charge in [-0.2, -0.15) is 0 Å². The summed E-state index contributed by atoms with van der Waals surface area (Å²) in [6.07, 6.45) is -2.50. The van der Waals surface area contributed by atoms with Crippen LogP contribution in [0.5, 0.6) is 0 Å². The Balaban J connectivity index is 4.02. The Morgan fingerprint density at radius 1 is 1.00 bits per heavy atom. The molecular formula is C3H9Cl3NSi+. The summed E-state index contributed by atoms with van der Waals surface area (Å²) in [7, 11) is 5.62. The fraction of sp³-hybridized carbons (Fsp3) is 1.00. The van der Waals surface area contributed by atoms with Crippen LogP contribution in [0.2, 0.25) is 0 Å². The smallest absolute Gasteiger partial charge is 0.354 e. The van der Waals surface area contributed by atoms with E-state index in [-0.39, 0.29) is 0 Å². The number of hydrogen-bond acceptors (Lipinski definition) is 0. The van der Waals surface area contributed by atoms with Gasteiger partial charge in [0.1, 0.15) is 0 Å². The van der Waals surface area contributed by atoms with Gasteiger partial charge in [0.05, 0.1) is 21.1 Å². The third-order valence-electron chi connectivity index (χ3n) is 0.761. The molecule has 0 bridgehead atoms. The summed E-state index contributed by atoms with van der Waals surface area (Å²) in [6.45, 7) is 0. The highest BCUT2D eigenvalue weighted by Gasteiger charge is 2.44. The SMILES string of the molecule is C[N+](C)(C)[Si](Cl)(Cl)Cl. The lowest BCUT2D eigenvalue weighted by Gasteiger charge is -2.29. The Bertz CT molecular complexity index is 69.5. The van der Waals surface area contributed by atoms with Crippen LogP contribution < -0.4 is 0 Å². The Labute approximate surface area is 64.9 Å². The Hall–Kier alpha value is 1.05. The van der Waals surface area contributed by atoms with E-state index in [9.17, 15) is 0 Å². The summed E-state index contributed by atoms with van der Waals surface area (Å²) < 4.78 is 0.456. The van der Waals surface area contributed by atoms with E-state index in [1.165, 1.54) is 0 Å². The van der Waals surface area contributed by atoms with Gasteiger partial charge in [-0.15, -0.1) is 0 Å². The van der Waals surface area contributed by atoms with Crippen LogP contribution in [-0.2, 0) is 0 Å². The zero-order valence-electron chi connectivity index (χ0n) is 5.08. The largest absolute Gasteiger partial charge is 0.589 e. The van der Waals surface area contributed by atoms with Crippen LogP contribution in [0.25, 0.3) is 0 Å². The second-order valence-corrected chi connectivity index (χ2v) is 11.4. The molecule has 0 saturated carbocycles. The average molecular weight is 194 g/mol. The van der Waals surface area contributed by atoms with Crippen molar-refractivity contribution in [3.05, 3.63) is 0 Å². The zero-order valence-corrected chi connectivity index (χ0v) is 8.35. The fourth-order valence-corrected chi connectivity index (χ4v) is 0. The summed E-state index contributed by atoms with van der Waals surface area (Å²) in [5.41, 5.74) is 0. The van der Waals surface area contributed by atoms with Gasteiger partial charge in [-0.1, -0.05) is 33.2 Å². The molecule has 0 radical (unpaired) electrons. The van der Waals surface area contributed by atoms with E-state index in [0.29, 0.717) is 4.15 Å². The topological polar surface area (TPSA) is 0 Å². The number of quaternary nitrogens is 1. The van der Waals surface area contributed by atoms with E-state index < -0.39 is 6.16 Å². The Morgan fingerprint density at radius 2 is 1.12 bits per heavy atom. The molecule has 0 fully saturated rings. The lowest BCUT2D eigenvalue weighted by atomic mass is 11.0. The minimum atomic E-state index is -2.50. The molecule has 0 aliphatic heterocycles. The number of hydrogen-bond donors (Lipinski definition) is 0. The molecule has 0 saturated heterocycles. The standard InChI is InChI=1S/C3H9Cl3NSi/c1-7(2,3)8(4,5)6/h1-3H3/q+1. The quantitative estimate of drug-likeness (QED) is 0.440. The predicted octanol–water partition coefficient (Wildman–Crippen LogP) is 1.84. The van der Waals surface area contributed by atoms with Crippen molar-refractivity contribution in [1.82, 2.24) is 0 Å². The molecule has 1 nitrogen and oxygen atoms in total. The van der Waals surface area contributed by atoms with E-state index in [1.807, 2.05) is 21.1 Å². The lowest BCUT2D eigenvalue weighted by molar-refractivity contribution is -0.758. The molecule has 0 aliphatic rings. The van der Waals surface area contributed by atoms with Gasteiger partial charge in [0.25, 0.3) is 0 Å². The van der Waals surface area contributed by atoms with Crippen LogP contribution in [-0.4, -0.2) is 31.5 Å². The van der Waals surface area contributed by atoms with Crippen LogP contribution in [0.15, 0.2) is 0 Å². The predicted molar refractivity (Wildman–Crippen MR) is 41.3 cm³/mol. The molecule has 50 valence electrons. The second-order valence-electron chi connectivity index (χ2n) is 2.48. The van der Waals surface area contributed by atoms with Crippen molar-refractivity contribution in [2.24, 2.45) is 0 Å². The number of rotatable bonds is 1. The van der Waals surface area contributed by atoms with Gasteiger partial charge in [-0.05, 0) is 0 Å². The van der Waals surface area contributed by atoms with Crippen molar-refractivity contribution in [3.63, 3.8) is 0 Å². The van der Waals surface area contributed by atoms with Crippen molar-refractivity contribution < 1.29 is 4.15 Å². The molecule has 0 amide bonds. The molecule has 0 aromatic rings. The number of nitrogens with zero attached hydrogens (tertiary/aromatic N) is 1. The van der Waals surface area contributed by atoms with E-state index >= 15 is 0 Å². The second kappa shape index (κ2) is 2.35. The maximum absolute atomic E-state index is 5.65. The van der Waals surface area contributed by atoms with Crippen LogP contribution in [0.4, 0.5) is 0 Å². The fourth-order valence-electron chi connectivity index (χ4n) is 0. The Kier molecular flexibility index (Phi) is 2.65. The Morgan fingerprint density at radius 3 is 1.12 bits per heavy atom. The molecule has 0 atom stereocenters. The normalized spacial score (nSPS) is 14.2. The average Bonchev–Trinajstić information content (AvgIpc) is 1.25. The van der Waals surface area contributed by atoms with Crippen molar-refractivity contribution >= 4 is 39.4 Å². The third kappa shape index (κ3) is 2.55. The molecular weight excluding hydrogens is 184 g/mol. The monoisotopic (exact) mass is 192 g/mol. The summed E-state index contributed by atoms with van der Waals surface area (Å²) >= 11 is 17.0. The van der Waals surface area contributed by atoms with Gasteiger partial charge in [-0.3, -0.25) is 0 Å². The summed E-state index contributed by atoms with van der Waals surface area (Å²) in [5.74, 6) is 0.